The number of furan rings is 1. The molecule has 2 aromatic heterocycles. The molecule has 0 saturated heterocycles. The van der Waals surface area contributed by atoms with E-state index in [0.29, 0.717) is 22.5 Å². The van der Waals surface area contributed by atoms with Crippen molar-refractivity contribution in [3.8, 4) is 45.3 Å². The van der Waals surface area contributed by atoms with Crippen LogP contribution in [-0.2, 0) is 0 Å². The van der Waals surface area contributed by atoms with Gasteiger partial charge in [0.05, 0.1) is 5.56 Å². The van der Waals surface area contributed by atoms with Crippen molar-refractivity contribution in [3.63, 3.8) is 0 Å². The van der Waals surface area contributed by atoms with E-state index in [1.165, 1.54) is 0 Å². The summed E-state index contributed by atoms with van der Waals surface area (Å²) in [6.07, 6.45) is 0. The van der Waals surface area contributed by atoms with E-state index in [0.717, 1.165) is 49.8 Å². The topological polar surface area (TPSA) is 51.8 Å². The summed E-state index contributed by atoms with van der Waals surface area (Å²) in [5.41, 5.74) is 6.29. The van der Waals surface area contributed by atoms with Crippen molar-refractivity contribution in [2.45, 2.75) is 13.8 Å². The van der Waals surface area contributed by atoms with Gasteiger partial charge in [-0.05, 0) is 41.5 Å². The lowest BCUT2D eigenvalue weighted by molar-refractivity contribution is 0.669. The van der Waals surface area contributed by atoms with Crippen LogP contribution in [0.4, 0.5) is 0 Å². The van der Waals surface area contributed by atoms with Crippen LogP contribution in [-0.4, -0.2) is 15.0 Å². The Morgan fingerprint density at radius 1 is 0.500 bits per heavy atom. The Bertz CT molecular complexity index is 1950. The second-order valence-corrected chi connectivity index (χ2v) is 9.48. The molecule has 7 aromatic rings. The molecule has 0 aliphatic carbocycles. The zero-order valence-corrected chi connectivity index (χ0v) is 22.9. The van der Waals surface area contributed by atoms with Gasteiger partial charge in [-0.2, -0.15) is 0 Å². The van der Waals surface area contributed by atoms with Crippen LogP contribution in [0.25, 0.3) is 67.2 Å². The number of hydrogen-bond donors (Lipinski definition) is 0. The average molecular weight is 540 g/mol. The number of halogens is 1. The van der Waals surface area contributed by atoms with Crippen molar-refractivity contribution in [1.29, 1.82) is 0 Å². The van der Waals surface area contributed by atoms with Gasteiger partial charge in [-0.15, -0.1) is 0 Å². The zero-order valence-electron chi connectivity index (χ0n) is 22.2. The van der Waals surface area contributed by atoms with E-state index in [1.807, 2.05) is 111 Å². The first-order valence-corrected chi connectivity index (χ1v) is 13.7. The first-order chi connectivity index (χ1) is 19.7. The minimum atomic E-state index is 0.562. The predicted octanol–water partition coefficient (Wildman–Crippen LogP) is 10.1. The van der Waals surface area contributed by atoms with Crippen LogP contribution in [0.2, 0.25) is 5.02 Å². The number of fused-ring (bicyclic) bond motifs is 3. The maximum atomic E-state index is 6.30. The molecule has 0 unspecified atom stereocenters. The molecule has 7 rings (SSSR count). The number of nitrogens with zero attached hydrogens (tertiary/aromatic N) is 3. The van der Waals surface area contributed by atoms with E-state index in [1.54, 1.807) is 0 Å². The van der Waals surface area contributed by atoms with E-state index in [-0.39, 0.29) is 0 Å². The molecule has 40 heavy (non-hydrogen) atoms. The van der Waals surface area contributed by atoms with E-state index < -0.39 is 0 Å². The van der Waals surface area contributed by atoms with Crippen molar-refractivity contribution >= 4 is 33.5 Å². The van der Waals surface area contributed by atoms with Crippen molar-refractivity contribution < 1.29 is 4.42 Å². The second-order valence-electron chi connectivity index (χ2n) is 9.04. The predicted molar refractivity (Wildman–Crippen MR) is 165 cm³/mol. The molecule has 0 saturated carbocycles. The Kier molecular flexibility index (Phi) is 7.09. The van der Waals surface area contributed by atoms with Gasteiger partial charge in [0.15, 0.2) is 17.5 Å². The highest BCUT2D eigenvalue weighted by Crippen LogP contribution is 2.36. The molecule has 0 amide bonds. The molecule has 5 heteroatoms. The minimum absolute atomic E-state index is 0.562. The molecule has 0 spiro atoms. The fourth-order valence-corrected chi connectivity index (χ4v) is 4.96. The van der Waals surface area contributed by atoms with Gasteiger partial charge < -0.3 is 4.42 Å². The molecule has 194 valence electrons. The van der Waals surface area contributed by atoms with Gasteiger partial charge in [-0.1, -0.05) is 116 Å². The summed E-state index contributed by atoms with van der Waals surface area (Å²) in [5, 5.41) is 2.79. The average Bonchev–Trinajstić information content (AvgIpc) is 3.41. The van der Waals surface area contributed by atoms with Gasteiger partial charge in [0.25, 0.3) is 0 Å². The van der Waals surface area contributed by atoms with Gasteiger partial charge in [-0.25, -0.2) is 15.0 Å². The van der Waals surface area contributed by atoms with E-state index in [9.17, 15) is 0 Å². The van der Waals surface area contributed by atoms with E-state index in [2.05, 4.69) is 24.3 Å². The highest BCUT2D eigenvalue weighted by Gasteiger charge is 2.17. The van der Waals surface area contributed by atoms with Gasteiger partial charge in [-0.3, -0.25) is 0 Å². The summed E-state index contributed by atoms with van der Waals surface area (Å²) in [6, 6.07) is 40.1. The standard InChI is InChI=1S/C33H20ClN3O.C2H6/c34-25-14-7-12-23(20-25)22-11-6-13-24(19-22)32-35-31(21-9-2-1-3-10-21)36-33(37-32)28-17-8-16-27-26-15-4-5-18-29(26)38-30(27)28;1-2/h1-20H;1-2H3. The fraction of sp³-hybridized carbons (Fsp3) is 0.0571. The van der Waals surface area contributed by atoms with Crippen LogP contribution >= 0.6 is 11.6 Å². The Labute approximate surface area is 238 Å². The molecule has 0 bridgehead atoms. The number of para-hydroxylation sites is 2. The van der Waals surface area contributed by atoms with Crippen LogP contribution in [0.3, 0.4) is 0 Å². The van der Waals surface area contributed by atoms with Gasteiger partial charge >= 0.3 is 0 Å². The second kappa shape index (κ2) is 11.1. The number of rotatable bonds is 4. The third-order valence-electron chi connectivity index (χ3n) is 6.59. The number of benzene rings is 5. The quantitative estimate of drug-likeness (QED) is 0.223. The van der Waals surface area contributed by atoms with Gasteiger partial charge in [0.1, 0.15) is 11.2 Å². The molecule has 0 N–H and O–H groups in total. The molecule has 0 atom stereocenters. The van der Waals surface area contributed by atoms with Crippen LogP contribution in [0, 0.1) is 0 Å². The lowest BCUT2D eigenvalue weighted by Gasteiger charge is -2.10. The minimum Gasteiger partial charge on any atom is -0.455 e. The Morgan fingerprint density at radius 2 is 1.07 bits per heavy atom. The van der Waals surface area contributed by atoms with Crippen LogP contribution in [0.1, 0.15) is 13.8 Å². The Morgan fingerprint density at radius 3 is 1.88 bits per heavy atom. The smallest absolute Gasteiger partial charge is 0.167 e. The van der Waals surface area contributed by atoms with Crippen LogP contribution in [0.15, 0.2) is 126 Å². The first kappa shape index (κ1) is 25.5. The maximum absolute atomic E-state index is 6.30. The summed E-state index contributed by atoms with van der Waals surface area (Å²) >= 11 is 6.26. The number of hydrogen-bond acceptors (Lipinski definition) is 4. The first-order valence-electron chi connectivity index (χ1n) is 13.3. The fourth-order valence-electron chi connectivity index (χ4n) is 4.77. The summed E-state index contributed by atoms with van der Waals surface area (Å²) in [5.74, 6) is 1.75. The van der Waals surface area contributed by atoms with Crippen LogP contribution < -0.4 is 0 Å². The monoisotopic (exact) mass is 539 g/mol. The van der Waals surface area contributed by atoms with Crippen molar-refractivity contribution in [3.05, 3.63) is 126 Å². The molecule has 0 aliphatic heterocycles. The molecule has 0 fully saturated rings. The molecule has 4 nitrogen and oxygen atoms in total. The molecule has 0 aliphatic rings. The zero-order chi connectivity index (χ0) is 27.5. The Hall–Kier alpha value is -4.80. The lowest BCUT2D eigenvalue weighted by Crippen LogP contribution is -2.00. The summed E-state index contributed by atoms with van der Waals surface area (Å²) < 4.78 is 6.30. The van der Waals surface area contributed by atoms with Gasteiger partial charge in [0, 0.05) is 26.9 Å². The maximum Gasteiger partial charge on any atom is 0.167 e. The van der Waals surface area contributed by atoms with Crippen LogP contribution in [0.5, 0.6) is 0 Å². The molecular weight excluding hydrogens is 514 g/mol. The molecule has 5 aromatic carbocycles. The lowest BCUT2D eigenvalue weighted by atomic mass is 10.0. The molecular formula is C35H26ClN3O. The van der Waals surface area contributed by atoms with E-state index >= 15 is 0 Å². The summed E-state index contributed by atoms with van der Waals surface area (Å²) in [6.45, 7) is 4.00. The largest absolute Gasteiger partial charge is 0.455 e. The number of aromatic nitrogens is 3. The van der Waals surface area contributed by atoms with Crippen molar-refractivity contribution in [1.82, 2.24) is 15.0 Å². The van der Waals surface area contributed by atoms with E-state index in [4.69, 9.17) is 31.0 Å². The summed E-state index contributed by atoms with van der Waals surface area (Å²) in [4.78, 5) is 14.8. The highest BCUT2D eigenvalue weighted by molar-refractivity contribution is 6.30. The van der Waals surface area contributed by atoms with Crippen molar-refractivity contribution in [2.24, 2.45) is 0 Å². The summed E-state index contributed by atoms with van der Waals surface area (Å²) in [7, 11) is 0. The normalized spacial score (nSPS) is 10.9. The molecule has 0 radical (unpaired) electrons. The highest BCUT2D eigenvalue weighted by atomic mass is 35.5. The van der Waals surface area contributed by atoms with Gasteiger partial charge in [0.2, 0.25) is 0 Å². The third kappa shape index (κ3) is 4.86. The molecule has 2 heterocycles. The van der Waals surface area contributed by atoms with Crippen molar-refractivity contribution in [2.75, 3.05) is 0 Å². The SMILES string of the molecule is CC.Clc1cccc(-c2cccc(-c3nc(-c4ccccc4)nc(-c4cccc5c4oc4ccccc45)n3)c2)c1. The Balaban J connectivity index is 0.00000142. The third-order valence-corrected chi connectivity index (χ3v) is 6.83.